The minimum atomic E-state index is 1.04. The summed E-state index contributed by atoms with van der Waals surface area (Å²) in [6.45, 7) is 6.43. The van der Waals surface area contributed by atoms with Crippen molar-refractivity contribution in [1.29, 1.82) is 0 Å². The van der Waals surface area contributed by atoms with Crippen molar-refractivity contribution in [1.82, 2.24) is 10.2 Å². The van der Waals surface area contributed by atoms with E-state index in [0.29, 0.717) is 0 Å². The third-order valence-corrected chi connectivity index (χ3v) is 2.83. The maximum atomic E-state index is 3.95. The molecule has 0 amide bonds. The minimum Gasteiger partial charge on any atom is -0.372 e. The van der Waals surface area contributed by atoms with Gasteiger partial charge in [0.05, 0.1) is 6.20 Å². The highest BCUT2D eigenvalue weighted by atomic mass is 15.1. The van der Waals surface area contributed by atoms with Crippen molar-refractivity contribution in [2.45, 2.75) is 13.8 Å². The molecule has 1 aromatic heterocycles. The quantitative estimate of drug-likeness (QED) is 0.850. The van der Waals surface area contributed by atoms with Gasteiger partial charge in [0.25, 0.3) is 0 Å². The van der Waals surface area contributed by atoms with Crippen molar-refractivity contribution in [3.8, 4) is 11.1 Å². The second kappa shape index (κ2) is 4.84. The van der Waals surface area contributed by atoms with Gasteiger partial charge in [-0.25, -0.2) is 0 Å². The molecule has 0 saturated heterocycles. The molecule has 0 aliphatic rings. The molecule has 0 spiro atoms. The third kappa shape index (κ3) is 2.08. The first-order chi connectivity index (χ1) is 7.85. The van der Waals surface area contributed by atoms with E-state index >= 15 is 0 Å². The second-order valence-corrected chi connectivity index (χ2v) is 3.71. The molecule has 1 aromatic carbocycles. The number of nitrogens with one attached hydrogen (secondary N) is 1. The number of nitrogens with zero attached hydrogens (tertiary/aromatic N) is 2. The van der Waals surface area contributed by atoms with E-state index in [0.717, 1.165) is 18.7 Å². The molecular formula is C13H17N3. The van der Waals surface area contributed by atoms with Crippen molar-refractivity contribution in [2.24, 2.45) is 0 Å². The predicted octanol–water partition coefficient (Wildman–Crippen LogP) is 2.92. The highest BCUT2D eigenvalue weighted by Crippen LogP contribution is 2.21. The number of aromatic amines is 1. The summed E-state index contributed by atoms with van der Waals surface area (Å²) in [5, 5.41) is 6.78. The van der Waals surface area contributed by atoms with Gasteiger partial charge in [-0.1, -0.05) is 12.1 Å². The van der Waals surface area contributed by atoms with Crippen LogP contribution in [0.1, 0.15) is 13.8 Å². The summed E-state index contributed by atoms with van der Waals surface area (Å²) in [6.07, 6.45) is 3.75. The second-order valence-electron chi connectivity index (χ2n) is 3.71. The van der Waals surface area contributed by atoms with E-state index in [1.807, 2.05) is 12.4 Å². The van der Waals surface area contributed by atoms with Gasteiger partial charge in [0, 0.05) is 30.5 Å². The molecular weight excluding hydrogens is 198 g/mol. The fourth-order valence-electron chi connectivity index (χ4n) is 1.86. The Labute approximate surface area is 96.1 Å². The summed E-state index contributed by atoms with van der Waals surface area (Å²) < 4.78 is 0. The normalized spacial score (nSPS) is 10.4. The third-order valence-electron chi connectivity index (χ3n) is 2.83. The van der Waals surface area contributed by atoms with E-state index in [2.05, 4.69) is 53.2 Å². The van der Waals surface area contributed by atoms with Crippen molar-refractivity contribution >= 4 is 5.69 Å². The lowest BCUT2D eigenvalue weighted by atomic mass is 10.1. The molecule has 0 bridgehead atoms. The summed E-state index contributed by atoms with van der Waals surface area (Å²) in [5.74, 6) is 0. The number of H-pyrrole nitrogens is 1. The van der Waals surface area contributed by atoms with Gasteiger partial charge >= 0.3 is 0 Å². The van der Waals surface area contributed by atoms with Crippen LogP contribution in [0.15, 0.2) is 36.7 Å². The van der Waals surface area contributed by atoms with Gasteiger partial charge in [-0.3, -0.25) is 5.10 Å². The summed E-state index contributed by atoms with van der Waals surface area (Å²) in [5.41, 5.74) is 3.60. The number of aromatic nitrogens is 2. The average Bonchev–Trinajstić information content (AvgIpc) is 2.85. The highest BCUT2D eigenvalue weighted by molar-refractivity contribution is 5.64. The van der Waals surface area contributed by atoms with Crippen LogP contribution >= 0.6 is 0 Å². The van der Waals surface area contributed by atoms with E-state index in [-0.39, 0.29) is 0 Å². The molecule has 1 N–H and O–H groups in total. The maximum Gasteiger partial charge on any atom is 0.0565 e. The molecule has 0 fully saturated rings. The molecule has 0 aliphatic carbocycles. The topological polar surface area (TPSA) is 31.9 Å². The van der Waals surface area contributed by atoms with Crippen LogP contribution in [0.5, 0.6) is 0 Å². The lowest BCUT2D eigenvalue weighted by Crippen LogP contribution is -2.21. The van der Waals surface area contributed by atoms with Crippen molar-refractivity contribution in [2.75, 3.05) is 18.0 Å². The summed E-state index contributed by atoms with van der Waals surface area (Å²) in [6, 6.07) is 8.60. The Balaban J connectivity index is 2.22. The van der Waals surface area contributed by atoms with E-state index in [4.69, 9.17) is 0 Å². The number of rotatable bonds is 4. The Kier molecular flexibility index (Phi) is 3.25. The van der Waals surface area contributed by atoms with Crippen LogP contribution in [-0.2, 0) is 0 Å². The predicted molar refractivity (Wildman–Crippen MR) is 67.6 cm³/mol. The van der Waals surface area contributed by atoms with E-state index in [1.165, 1.54) is 11.3 Å². The first kappa shape index (κ1) is 10.7. The zero-order valence-electron chi connectivity index (χ0n) is 9.77. The number of hydrogen-bond donors (Lipinski definition) is 1. The van der Waals surface area contributed by atoms with Gasteiger partial charge in [0.1, 0.15) is 0 Å². The Bertz CT molecular complexity index is 413. The number of anilines is 1. The molecule has 3 nitrogen and oxygen atoms in total. The van der Waals surface area contributed by atoms with Crippen molar-refractivity contribution in [3.05, 3.63) is 36.7 Å². The van der Waals surface area contributed by atoms with Crippen LogP contribution < -0.4 is 4.90 Å². The van der Waals surface area contributed by atoms with Crippen LogP contribution in [0.4, 0.5) is 5.69 Å². The lowest BCUT2D eigenvalue weighted by molar-refractivity contribution is 0.866. The highest BCUT2D eigenvalue weighted by Gasteiger charge is 2.02. The van der Waals surface area contributed by atoms with Crippen LogP contribution in [0, 0.1) is 0 Å². The fourth-order valence-corrected chi connectivity index (χ4v) is 1.86. The molecule has 0 atom stereocenters. The van der Waals surface area contributed by atoms with Crippen molar-refractivity contribution in [3.63, 3.8) is 0 Å². The zero-order chi connectivity index (χ0) is 11.4. The fraction of sp³-hybridized carbons (Fsp3) is 0.308. The number of hydrogen-bond acceptors (Lipinski definition) is 2. The van der Waals surface area contributed by atoms with Gasteiger partial charge in [-0.15, -0.1) is 0 Å². The summed E-state index contributed by atoms with van der Waals surface area (Å²) in [4.78, 5) is 2.33. The van der Waals surface area contributed by atoms with Gasteiger partial charge in [-0.05, 0) is 31.5 Å². The smallest absolute Gasteiger partial charge is 0.0565 e. The first-order valence-corrected chi connectivity index (χ1v) is 5.69. The first-order valence-electron chi connectivity index (χ1n) is 5.69. The standard InChI is InChI=1S/C13H17N3/c1-3-16(4-2)13-7-5-11(6-8-13)12-9-14-15-10-12/h5-10H,3-4H2,1-2H3,(H,14,15). The number of benzene rings is 1. The molecule has 1 heterocycles. The van der Waals surface area contributed by atoms with Gasteiger partial charge in [0.2, 0.25) is 0 Å². The van der Waals surface area contributed by atoms with E-state index in [1.54, 1.807) is 0 Å². The Hall–Kier alpha value is -1.77. The maximum absolute atomic E-state index is 3.95. The molecule has 84 valence electrons. The minimum absolute atomic E-state index is 1.04. The molecule has 0 saturated carbocycles. The molecule has 16 heavy (non-hydrogen) atoms. The Morgan fingerprint density at radius 1 is 1.06 bits per heavy atom. The molecule has 3 heteroatoms. The van der Waals surface area contributed by atoms with Crippen molar-refractivity contribution < 1.29 is 0 Å². The summed E-state index contributed by atoms with van der Waals surface area (Å²) in [7, 11) is 0. The summed E-state index contributed by atoms with van der Waals surface area (Å²) >= 11 is 0. The van der Waals surface area contributed by atoms with Gasteiger partial charge < -0.3 is 4.90 Å². The SMILES string of the molecule is CCN(CC)c1ccc(-c2cn[nH]c2)cc1. The monoisotopic (exact) mass is 215 g/mol. The zero-order valence-corrected chi connectivity index (χ0v) is 9.77. The molecule has 0 radical (unpaired) electrons. The molecule has 2 rings (SSSR count). The molecule has 0 unspecified atom stereocenters. The van der Waals surface area contributed by atoms with E-state index in [9.17, 15) is 0 Å². The van der Waals surface area contributed by atoms with Gasteiger partial charge in [0.15, 0.2) is 0 Å². The largest absolute Gasteiger partial charge is 0.372 e. The Morgan fingerprint density at radius 3 is 2.25 bits per heavy atom. The van der Waals surface area contributed by atoms with Gasteiger partial charge in [-0.2, -0.15) is 5.10 Å². The van der Waals surface area contributed by atoms with Crippen LogP contribution in [0.2, 0.25) is 0 Å². The van der Waals surface area contributed by atoms with Crippen LogP contribution in [0.25, 0.3) is 11.1 Å². The van der Waals surface area contributed by atoms with Crippen LogP contribution in [-0.4, -0.2) is 23.3 Å². The molecule has 2 aromatic rings. The van der Waals surface area contributed by atoms with Crippen LogP contribution in [0.3, 0.4) is 0 Å². The average molecular weight is 215 g/mol. The molecule has 0 aliphatic heterocycles. The lowest BCUT2D eigenvalue weighted by Gasteiger charge is -2.21. The Morgan fingerprint density at radius 2 is 1.75 bits per heavy atom. The van der Waals surface area contributed by atoms with E-state index < -0.39 is 0 Å².